The molecule has 0 amide bonds. The Labute approximate surface area is 257 Å². The number of hydrogen-bond acceptors (Lipinski definition) is 5. The zero-order valence-electron chi connectivity index (χ0n) is 22.9. The number of carboxylic acid groups (broad SMARTS) is 1. The van der Waals surface area contributed by atoms with Gasteiger partial charge in [-0.3, -0.25) is 5.10 Å². The van der Waals surface area contributed by atoms with Gasteiger partial charge in [-0.25, -0.2) is 9.78 Å². The molecule has 0 saturated heterocycles. The van der Waals surface area contributed by atoms with Crippen molar-refractivity contribution < 1.29 is 14.6 Å². The van der Waals surface area contributed by atoms with Crippen LogP contribution in [0.5, 0.6) is 5.75 Å². The van der Waals surface area contributed by atoms with Crippen molar-refractivity contribution in [3.8, 4) is 45.3 Å². The summed E-state index contributed by atoms with van der Waals surface area (Å²) in [4.78, 5) is 17.2. The Bertz CT molecular complexity index is 1920. The van der Waals surface area contributed by atoms with Crippen molar-refractivity contribution in [3.05, 3.63) is 131 Å². The van der Waals surface area contributed by atoms with E-state index in [-0.39, 0.29) is 10.1 Å². The molecule has 212 valence electrons. The SMILES string of the molecule is COc1ccc(Cl)cc1-c1nc(S/C(=C\c2cc(-c3ccccc3)n(-c3ccccc3)c2-c2ccccc2)C(=O)O)n[nH]1. The minimum atomic E-state index is -1.09. The Morgan fingerprint density at radius 2 is 1.56 bits per heavy atom. The van der Waals surface area contributed by atoms with Gasteiger partial charge in [-0.15, -0.1) is 5.10 Å². The Balaban J connectivity index is 1.49. The van der Waals surface area contributed by atoms with E-state index in [0.717, 1.165) is 45.5 Å². The number of halogens is 1. The molecule has 2 aromatic heterocycles. The molecule has 0 atom stereocenters. The molecule has 2 heterocycles. The van der Waals surface area contributed by atoms with Crippen molar-refractivity contribution in [2.45, 2.75) is 5.16 Å². The molecule has 43 heavy (non-hydrogen) atoms. The van der Waals surface area contributed by atoms with Crippen LogP contribution in [-0.4, -0.2) is 37.9 Å². The number of nitrogens with one attached hydrogen (secondary N) is 1. The molecule has 9 heteroatoms. The predicted molar refractivity (Wildman–Crippen MR) is 171 cm³/mol. The van der Waals surface area contributed by atoms with Crippen LogP contribution in [0.3, 0.4) is 0 Å². The van der Waals surface area contributed by atoms with Gasteiger partial charge in [-0.05, 0) is 65.4 Å². The molecule has 0 aliphatic rings. The topological polar surface area (TPSA) is 93.0 Å². The van der Waals surface area contributed by atoms with Crippen LogP contribution in [0.25, 0.3) is 45.7 Å². The van der Waals surface area contributed by atoms with Gasteiger partial charge in [0.2, 0.25) is 5.16 Å². The Hall–Kier alpha value is -5.05. The first-order valence-corrected chi connectivity index (χ1v) is 14.5. The number of H-pyrrole nitrogens is 1. The Morgan fingerprint density at radius 1 is 0.907 bits per heavy atom. The number of ether oxygens (including phenoxy) is 1. The van der Waals surface area contributed by atoms with E-state index in [1.807, 2.05) is 97.1 Å². The maximum Gasteiger partial charge on any atom is 0.342 e. The van der Waals surface area contributed by atoms with Gasteiger partial charge >= 0.3 is 5.97 Å². The van der Waals surface area contributed by atoms with Crippen LogP contribution in [0.4, 0.5) is 0 Å². The number of carboxylic acids is 1. The molecule has 0 bridgehead atoms. The van der Waals surface area contributed by atoms with Crippen LogP contribution in [0.2, 0.25) is 5.02 Å². The highest BCUT2D eigenvalue weighted by molar-refractivity contribution is 8.04. The molecule has 0 fully saturated rings. The molecular formula is C34H25ClN4O3S. The monoisotopic (exact) mass is 604 g/mol. The van der Waals surface area contributed by atoms with Crippen molar-refractivity contribution in [1.29, 1.82) is 0 Å². The average molecular weight is 605 g/mol. The zero-order valence-corrected chi connectivity index (χ0v) is 24.5. The number of nitrogens with zero attached hydrogens (tertiary/aromatic N) is 3. The molecule has 6 rings (SSSR count). The fraction of sp³-hybridized carbons (Fsp3) is 0.0294. The van der Waals surface area contributed by atoms with Crippen molar-refractivity contribution in [2.24, 2.45) is 0 Å². The highest BCUT2D eigenvalue weighted by Gasteiger charge is 2.22. The quantitative estimate of drug-likeness (QED) is 0.127. The molecule has 0 spiro atoms. The molecule has 0 unspecified atom stereocenters. The number of aromatic nitrogens is 4. The lowest BCUT2D eigenvalue weighted by Gasteiger charge is -2.15. The summed E-state index contributed by atoms with van der Waals surface area (Å²) in [7, 11) is 1.56. The summed E-state index contributed by atoms with van der Waals surface area (Å²) in [6.07, 6.45) is 1.68. The third-order valence-corrected chi connectivity index (χ3v) is 7.85. The van der Waals surface area contributed by atoms with Crippen molar-refractivity contribution >= 4 is 35.4 Å². The normalized spacial score (nSPS) is 11.4. The predicted octanol–water partition coefficient (Wildman–Crippen LogP) is 8.48. The number of aliphatic carboxylic acids is 1. The average Bonchev–Trinajstić information content (AvgIpc) is 3.67. The van der Waals surface area contributed by atoms with Gasteiger partial charge < -0.3 is 14.4 Å². The van der Waals surface area contributed by atoms with Crippen LogP contribution in [-0.2, 0) is 4.79 Å². The summed E-state index contributed by atoms with van der Waals surface area (Å²) in [5.41, 5.74) is 6.06. The molecule has 2 N–H and O–H groups in total. The number of carbonyl (C=O) groups is 1. The van der Waals surface area contributed by atoms with Crippen LogP contribution < -0.4 is 4.74 Å². The summed E-state index contributed by atoms with van der Waals surface area (Å²) in [5.74, 6) is -0.114. The van der Waals surface area contributed by atoms with Crippen molar-refractivity contribution in [1.82, 2.24) is 19.7 Å². The molecule has 7 nitrogen and oxygen atoms in total. The van der Waals surface area contributed by atoms with Crippen LogP contribution >= 0.6 is 23.4 Å². The van der Waals surface area contributed by atoms with E-state index in [1.54, 1.807) is 31.4 Å². The standard InChI is InChI=1S/C34H25ClN4O3S/c1-42-29-18-17-25(35)21-27(29)32-36-34(38-37-32)43-30(33(40)41)20-24-19-28(22-11-5-2-6-12-22)39(26-15-9-4-10-16-26)31(24)23-13-7-3-8-14-23/h2-21H,1H3,(H,40,41)(H,36,37,38)/b30-20-. The largest absolute Gasteiger partial charge is 0.496 e. The fourth-order valence-corrected chi connectivity index (χ4v) is 5.72. The maximum atomic E-state index is 12.6. The van der Waals surface area contributed by atoms with E-state index in [4.69, 9.17) is 16.3 Å². The second kappa shape index (κ2) is 12.4. The number of para-hydroxylation sites is 1. The van der Waals surface area contributed by atoms with E-state index in [2.05, 4.69) is 19.7 Å². The highest BCUT2D eigenvalue weighted by Crippen LogP contribution is 2.39. The fourth-order valence-electron chi connectivity index (χ4n) is 4.85. The van der Waals surface area contributed by atoms with Crippen molar-refractivity contribution in [3.63, 3.8) is 0 Å². The molecule has 0 saturated carbocycles. The smallest absolute Gasteiger partial charge is 0.342 e. The summed E-state index contributed by atoms with van der Waals surface area (Å²) in [6.45, 7) is 0. The highest BCUT2D eigenvalue weighted by atomic mass is 35.5. The van der Waals surface area contributed by atoms with E-state index < -0.39 is 5.97 Å². The molecule has 4 aromatic carbocycles. The van der Waals surface area contributed by atoms with Gasteiger partial charge in [-0.2, -0.15) is 0 Å². The number of rotatable bonds is 9. The molecular weight excluding hydrogens is 580 g/mol. The number of thioether (sulfide) groups is 1. The summed E-state index contributed by atoms with van der Waals surface area (Å²) >= 11 is 7.16. The number of aromatic amines is 1. The van der Waals surface area contributed by atoms with Gasteiger partial charge in [0.15, 0.2) is 5.82 Å². The minimum absolute atomic E-state index is 0.0608. The van der Waals surface area contributed by atoms with Gasteiger partial charge in [0.1, 0.15) is 10.7 Å². The Morgan fingerprint density at radius 3 is 2.21 bits per heavy atom. The maximum absolute atomic E-state index is 12.6. The lowest BCUT2D eigenvalue weighted by atomic mass is 10.1. The first-order chi connectivity index (χ1) is 21.0. The number of methoxy groups -OCH3 is 1. The second-order valence-electron chi connectivity index (χ2n) is 9.46. The summed E-state index contributed by atoms with van der Waals surface area (Å²) < 4.78 is 7.61. The first kappa shape index (κ1) is 28.1. The van der Waals surface area contributed by atoms with E-state index >= 15 is 0 Å². The van der Waals surface area contributed by atoms with Crippen LogP contribution in [0.15, 0.2) is 125 Å². The Kier molecular flexibility index (Phi) is 8.13. The second-order valence-corrected chi connectivity index (χ2v) is 10.9. The number of benzene rings is 4. The van der Waals surface area contributed by atoms with Gasteiger partial charge in [0.25, 0.3) is 0 Å². The van der Waals surface area contributed by atoms with E-state index in [0.29, 0.717) is 22.2 Å². The van der Waals surface area contributed by atoms with E-state index in [1.165, 1.54) is 0 Å². The van der Waals surface area contributed by atoms with Crippen LogP contribution in [0, 0.1) is 0 Å². The molecule has 6 aromatic rings. The van der Waals surface area contributed by atoms with Gasteiger partial charge in [0, 0.05) is 16.3 Å². The molecule has 0 aliphatic heterocycles. The van der Waals surface area contributed by atoms with Gasteiger partial charge in [0.05, 0.1) is 24.1 Å². The minimum Gasteiger partial charge on any atom is -0.496 e. The summed E-state index contributed by atoms with van der Waals surface area (Å²) in [6, 6.07) is 37.2. The zero-order chi connectivity index (χ0) is 29.8. The molecule has 0 radical (unpaired) electrons. The third kappa shape index (κ3) is 5.97. The molecule has 0 aliphatic carbocycles. The lowest BCUT2D eigenvalue weighted by Crippen LogP contribution is -2.00. The van der Waals surface area contributed by atoms with Gasteiger partial charge in [-0.1, -0.05) is 90.5 Å². The summed E-state index contributed by atoms with van der Waals surface area (Å²) in [5, 5.41) is 18.2. The van der Waals surface area contributed by atoms with Crippen LogP contribution in [0.1, 0.15) is 5.56 Å². The van der Waals surface area contributed by atoms with Crippen molar-refractivity contribution in [2.75, 3.05) is 7.11 Å². The number of hydrogen-bond donors (Lipinski definition) is 2. The van der Waals surface area contributed by atoms with E-state index in [9.17, 15) is 9.90 Å². The first-order valence-electron chi connectivity index (χ1n) is 13.3. The third-order valence-electron chi connectivity index (χ3n) is 6.74. The lowest BCUT2D eigenvalue weighted by molar-refractivity contribution is -0.131.